The van der Waals surface area contributed by atoms with Gasteiger partial charge >= 0.3 is 5.97 Å². The third-order valence-corrected chi connectivity index (χ3v) is 5.88. The fourth-order valence-corrected chi connectivity index (χ4v) is 4.28. The molecule has 1 aromatic heterocycles. The molecule has 6 nitrogen and oxygen atoms in total. The first kappa shape index (κ1) is 24.0. The predicted octanol–water partition coefficient (Wildman–Crippen LogP) is 4.98. The van der Waals surface area contributed by atoms with Crippen molar-refractivity contribution in [3.05, 3.63) is 129 Å². The summed E-state index contributed by atoms with van der Waals surface area (Å²) in [4.78, 5) is 22.9. The molecule has 0 spiro atoms. The molecule has 4 aromatic rings. The van der Waals surface area contributed by atoms with Gasteiger partial charge in [-0.2, -0.15) is 5.10 Å². The Morgan fingerprint density at radius 2 is 1.51 bits per heavy atom. The molecular weight excluding hydrogens is 440 g/mol. The molecule has 0 atom stereocenters. The van der Waals surface area contributed by atoms with Crippen molar-refractivity contribution >= 4 is 5.97 Å². The Morgan fingerprint density at radius 3 is 2.17 bits per heavy atom. The second-order valence-corrected chi connectivity index (χ2v) is 8.43. The van der Waals surface area contributed by atoms with Crippen molar-refractivity contribution in [1.82, 2.24) is 10.2 Å². The Labute approximate surface area is 204 Å². The molecule has 2 N–H and O–H groups in total. The second kappa shape index (κ2) is 11.8. The van der Waals surface area contributed by atoms with E-state index >= 15 is 0 Å². The molecule has 0 amide bonds. The molecule has 0 saturated heterocycles. The number of hydrogen-bond donors (Lipinski definition) is 2. The highest BCUT2D eigenvalue weighted by atomic mass is 16.5. The van der Waals surface area contributed by atoms with Crippen LogP contribution in [0.3, 0.4) is 0 Å². The van der Waals surface area contributed by atoms with E-state index in [4.69, 9.17) is 9.84 Å². The monoisotopic (exact) mass is 468 g/mol. The number of hydrogen-bond acceptors (Lipinski definition) is 4. The molecule has 1 heterocycles. The minimum Gasteiger partial charge on any atom is -0.482 e. The maximum Gasteiger partial charge on any atom is 0.341 e. The van der Waals surface area contributed by atoms with Crippen molar-refractivity contribution in [3.63, 3.8) is 0 Å². The largest absolute Gasteiger partial charge is 0.482 e. The number of aromatic nitrogens is 2. The zero-order valence-corrected chi connectivity index (χ0v) is 19.4. The minimum atomic E-state index is -0.998. The fourth-order valence-electron chi connectivity index (χ4n) is 4.28. The van der Waals surface area contributed by atoms with Crippen LogP contribution in [0.4, 0.5) is 0 Å². The van der Waals surface area contributed by atoms with E-state index in [-0.39, 0.29) is 18.1 Å². The molecular formula is C29H28N2O4. The molecule has 0 unspecified atom stereocenters. The van der Waals surface area contributed by atoms with Crippen LogP contribution in [0, 0.1) is 0 Å². The van der Waals surface area contributed by atoms with Crippen LogP contribution in [-0.4, -0.2) is 27.9 Å². The van der Waals surface area contributed by atoms with Crippen molar-refractivity contribution in [1.29, 1.82) is 0 Å². The quantitative estimate of drug-likeness (QED) is 0.303. The van der Waals surface area contributed by atoms with Crippen LogP contribution < -0.4 is 10.3 Å². The number of nitrogens with one attached hydrogen (secondary N) is 1. The van der Waals surface area contributed by atoms with Gasteiger partial charge in [-0.05, 0) is 60.1 Å². The lowest BCUT2D eigenvalue weighted by atomic mass is 9.85. The number of H-pyrrole nitrogens is 1. The number of nitrogens with zero attached hydrogens (tertiary/aromatic N) is 1. The van der Waals surface area contributed by atoms with Gasteiger partial charge in [0.05, 0.1) is 11.6 Å². The van der Waals surface area contributed by atoms with Crippen molar-refractivity contribution in [2.24, 2.45) is 0 Å². The van der Waals surface area contributed by atoms with Crippen molar-refractivity contribution in [2.45, 2.75) is 31.6 Å². The summed E-state index contributed by atoms with van der Waals surface area (Å²) in [6.07, 6.45) is 3.36. The van der Waals surface area contributed by atoms with Gasteiger partial charge in [-0.15, -0.1) is 0 Å². The maximum absolute atomic E-state index is 12.2. The first-order chi connectivity index (χ1) is 17.1. The molecule has 178 valence electrons. The van der Waals surface area contributed by atoms with Crippen molar-refractivity contribution in [3.8, 4) is 5.75 Å². The zero-order valence-electron chi connectivity index (χ0n) is 19.4. The SMILES string of the molecule is O=C(O)COc1cccc(CCCCc2cc(=O)[nH]nc2C(c2ccccc2)c2ccccc2)c1. The van der Waals surface area contributed by atoms with Gasteiger partial charge in [0.15, 0.2) is 6.61 Å². The minimum absolute atomic E-state index is 0.0766. The number of carboxylic acid groups (broad SMARTS) is 1. The molecule has 3 aromatic carbocycles. The molecule has 0 aliphatic carbocycles. The van der Waals surface area contributed by atoms with Gasteiger partial charge in [0.1, 0.15) is 5.75 Å². The number of aromatic amines is 1. The Kier molecular flexibility index (Phi) is 8.07. The van der Waals surface area contributed by atoms with Gasteiger partial charge in [-0.1, -0.05) is 72.8 Å². The lowest BCUT2D eigenvalue weighted by Crippen LogP contribution is -2.17. The number of ether oxygens (including phenoxy) is 1. The first-order valence-electron chi connectivity index (χ1n) is 11.7. The fraction of sp³-hybridized carbons (Fsp3) is 0.207. The molecule has 0 aliphatic heterocycles. The van der Waals surface area contributed by atoms with E-state index in [1.807, 2.05) is 54.6 Å². The summed E-state index contributed by atoms with van der Waals surface area (Å²) in [5.41, 5.74) is 4.95. The molecule has 4 rings (SSSR count). The van der Waals surface area contributed by atoms with Gasteiger partial charge < -0.3 is 9.84 Å². The number of benzene rings is 3. The van der Waals surface area contributed by atoms with E-state index in [0.29, 0.717) is 5.75 Å². The summed E-state index contributed by atoms with van der Waals surface area (Å²) >= 11 is 0. The highest BCUT2D eigenvalue weighted by Crippen LogP contribution is 2.32. The number of carboxylic acids is 1. The number of carbonyl (C=O) groups is 1. The second-order valence-electron chi connectivity index (χ2n) is 8.43. The summed E-state index contributed by atoms with van der Waals surface area (Å²) in [6, 6.07) is 29.6. The van der Waals surface area contributed by atoms with Crippen molar-refractivity contribution in [2.75, 3.05) is 6.61 Å². The lowest BCUT2D eigenvalue weighted by molar-refractivity contribution is -0.139. The van der Waals surface area contributed by atoms with Crippen LogP contribution in [0.2, 0.25) is 0 Å². The number of unbranched alkanes of at least 4 members (excludes halogenated alkanes) is 1. The topological polar surface area (TPSA) is 92.3 Å². The van der Waals surface area contributed by atoms with Crippen LogP contribution in [0.1, 0.15) is 46.7 Å². The summed E-state index contributed by atoms with van der Waals surface area (Å²) in [7, 11) is 0. The van der Waals surface area contributed by atoms with Crippen LogP contribution in [0.25, 0.3) is 0 Å². The highest BCUT2D eigenvalue weighted by molar-refractivity contribution is 5.68. The molecule has 0 bridgehead atoms. The average Bonchev–Trinajstić information content (AvgIpc) is 2.88. The summed E-state index contributed by atoms with van der Waals surface area (Å²) in [5, 5.41) is 16.0. The third kappa shape index (κ3) is 6.67. The Morgan fingerprint density at radius 1 is 0.857 bits per heavy atom. The van der Waals surface area contributed by atoms with E-state index in [2.05, 4.69) is 34.5 Å². The molecule has 0 radical (unpaired) electrons. The zero-order chi connectivity index (χ0) is 24.5. The van der Waals surface area contributed by atoms with E-state index in [1.54, 1.807) is 12.1 Å². The van der Waals surface area contributed by atoms with Crippen molar-refractivity contribution < 1.29 is 14.6 Å². The van der Waals surface area contributed by atoms with Gasteiger partial charge in [-0.3, -0.25) is 4.79 Å². The van der Waals surface area contributed by atoms with Gasteiger partial charge in [0.25, 0.3) is 5.56 Å². The summed E-state index contributed by atoms with van der Waals surface area (Å²) in [6.45, 7) is -0.355. The summed E-state index contributed by atoms with van der Waals surface area (Å²) in [5.74, 6) is -0.520. The number of aliphatic carboxylic acids is 1. The maximum atomic E-state index is 12.2. The van der Waals surface area contributed by atoms with Gasteiger partial charge in [0, 0.05) is 6.07 Å². The predicted molar refractivity (Wildman–Crippen MR) is 135 cm³/mol. The van der Waals surface area contributed by atoms with E-state index in [0.717, 1.165) is 53.6 Å². The molecule has 0 aliphatic rings. The van der Waals surface area contributed by atoms with Crippen LogP contribution in [0.5, 0.6) is 5.75 Å². The lowest BCUT2D eigenvalue weighted by Gasteiger charge is -2.20. The number of rotatable bonds is 11. The van der Waals surface area contributed by atoms with Crippen LogP contribution in [-0.2, 0) is 17.6 Å². The first-order valence-corrected chi connectivity index (χ1v) is 11.7. The standard InChI is InChI=1S/C29H28N2O4/c32-26-19-24(16-8-7-10-21-11-9-17-25(18-21)35-20-27(33)34)29(31-30-26)28(22-12-3-1-4-13-22)23-14-5-2-6-15-23/h1-6,9,11-15,17-19,28H,7-8,10,16,20H2,(H,30,32)(H,33,34). The van der Waals surface area contributed by atoms with Gasteiger partial charge in [-0.25, -0.2) is 9.89 Å². The van der Waals surface area contributed by atoms with Crippen LogP contribution >= 0.6 is 0 Å². The smallest absolute Gasteiger partial charge is 0.341 e. The van der Waals surface area contributed by atoms with Crippen LogP contribution in [0.15, 0.2) is 95.8 Å². The third-order valence-electron chi connectivity index (χ3n) is 5.88. The Hall–Kier alpha value is -4.19. The Balaban J connectivity index is 1.49. The van der Waals surface area contributed by atoms with E-state index in [9.17, 15) is 9.59 Å². The molecule has 0 fully saturated rings. The summed E-state index contributed by atoms with van der Waals surface area (Å²) < 4.78 is 5.28. The number of aryl methyl sites for hydroxylation is 2. The molecule has 6 heteroatoms. The molecule has 0 saturated carbocycles. The highest BCUT2D eigenvalue weighted by Gasteiger charge is 2.21. The van der Waals surface area contributed by atoms with E-state index in [1.165, 1.54) is 0 Å². The Bertz CT molecular complexity index is 1260. The van der Waals surface area contributed by atoms with E-state index < -0.39 is 5.97 Å². The normalized spacial score (nSPS) is 10.9. The van der Waals surface area contributed by atoms with Gasteiger partial charge in [0.2, 0.25) is 0 Å². The average molecular weight is 469 g/mol. The molecule has 35 heavy (non-hydrogen) atoms.